The van der Waals surface area contributed by atoms with Crippen LogP contribution >= 0.6 is 0 Å². The van der Waals surface area contributed by atoms with Crippen LogP contribution in [0.3, 0.4) is 0 Å². The van der Waals surface area contributed by atoms with Gasteiger partial charge in [0.1, 0.15) is 11.3 Å². The van der Waals surface area contributed by atoms with Gasteiger partial charge >= 0.3 is 0 Å². The SMILES string of the molecule is C[C@]12N3CCN1CCN1C(=O)[C@H](CCO)CN(CC3)[C@]12C. The van der Waals surface area contributed by atoms with Gasteiger partial charge in [0.25, 0.3) is 0 Å². The Balaban J connectivity index is 1.77. The Labute approximate surface area is 126 Å². The Kier molecular flexibility index (Phi) is 2.93. The maximum atomic E-state index is 12.9. The highest BCUT2D eigenvalue weighted by Crippen LogP contribution is 2.49. The van der Waals surface area contributed by atoms with E-state index in [0.717, 1.165) is 45.8 Å². The molecular weight excluding hydrogens is 268 g/mol. The predicted octanol–water partition coefficient (Wildman–Crippen LogP) is -0.794. The summed E-state index contributed by atoms with van der Waals surface area (Å²) in [5, 5.41) is 9.26. The highest BCUT2D eigenvalue weighted by molar-refractivity contribution is 5.81. The molecule has 0 unspecified atom stereocenters. The average Bonchev–Trinajstić information content (AvgIpc) is 2.79. The second-order valence-electron chi connectivity index (χ2n) is 7.16. The van der Waals surface area contributed by atoms with Crippen molar-refractivity contribution in [2.75, 3.05) is 52.4 Å². The van der Waals surface area contributed by atoms with Crippen LogP contribution in [0.2, 0.25) is 0 Å². The van der Waals surface area contributed by atoms with Gasteiger partial charge in [0.2, 0.25) is 5.91 Å². The van der Waals surface area contributed by atoms with Gasteiger partial charge in [-0.2, -0.15) is 0 Å². The van der Waals surface area contributed by atoms with Crippen molar-refractivity contribution in [2.24, 2.45) is 5.92 Å². The first-order valence-corrected chi connectivity index (χ1v) is 8.21. The fourth-order valence-electron chi connectivity index (χ4n) is 5.29. The number of hydrogen-bond acceptors (Lipinski definition) is 5. The van der Waals surface area contributed by atoms with Crippen molar-refractivity contribution in [1.82, 2.24) is 19.6 Å². The lowest BCUT2D eigenvalue weighted by atomic mass is 9.80. The molecule has 6 nitrogen and oxygen atoms in total. The van der Waals surface area contributed by atoms with E-state index in [1.165, 1.54) is 0 Å². The summed E-state index contributed by atoms with van der Waals surface area (Å²) in [6.07, 6.45) is 0.589. The first kappa shape index (κ1) is 13.9. The molecule has 4 saturated heterocycles. The van der Waals surface area contributed by atoms with Crippen molar-refractivity contribution < 1.29 is 9.90 Å². The van der Waals surface area contributed by atoms with Crippen LogP contribution in [-0.4, -0.2) is 94.4 Å². The summed E-state index contributed by atoms with van der Waals surface area (Å²) in [6.45, 7) is 11.6. The zero-order valence-corrected chi connectivity index (χ0v) is 13.1. The lowest BCUT2D eigenvalue weighted by Crippen LogP contribution is -2.87. The molecule has 118 valence electrons. The Morgan fingerprint density at radius 3 is 2.19 bits per heavy atom. The monoisotopic (exact) mass is 294 g/mol. The van der Waals surface area contributed by atoms with Crippen LogP contribution in [0.25, 0.3) is 0 Å². The number of amides is 1. The Hall–Kier alpha value is -0.690. The number of aliphatic hydroxyl groups is 1. The molecular formula is C15H26N4O2. The third kappa shape index (κ3) is 1.49. The summed E-state index contributed by atoms with van der Waals surface area (Å²) in [5.74, 6) is 0.212. The van der Waals surface area contributed by atoms with E-state index in [4.69, 9.17) is 0 Å². The lowest BCUT2D eigenvalue weighted by Gasteiger charge is -2.69. The minimum atomic E-state index is -0.233. The molecule has 4 aliphatic heterocycles. The maximum Gasteiger partial charge on any atom is 0.228 e. The molecule has 3 atom stereocenters. The molecule has 0 aromatic carbocycles. The highest BCUT2D eigenvalue weighted by atomic mass is 16.3. The fraction of sp³-hybridized carbons (Fsp3) is 0.933. The van der Waals surface area contributed by atoms with E-state index in [1.807, 2.05) is 0 Å². The first-order chi connectivity index (χ1) is 10.0. The zero-order chi connectivity index (χ0) is 14.8. The molecule has 21 heavy (non-hydrogen) atoms. The molecule has 4 fully saturated rings. The molecule has 0 aromatic rings. The predicted molar refractivity (Wildman–Crippen MR) is 78.4 cm³/mol. The summed E-state index contributed by atoms with van der Waals surface area (Å²) in [6, 6.07) is 0. The molecule has 4 aliphatic rings. The fourth-order valence-corrected chi connectivity index (χ4v) is 5.29. The number of carbonyl (C=O) groups is 1. The van der Waals surface area contributed by atoms with Crippen molar-refractivity contribution in [3.63, 3.8) is 0 Å². The number of nitrogens with zero attached hydrogens (tertiary/aromatic N) is 4. The highest BCUT2D eigenvalue weighted by Gasteiger charge is 2.67. The molecule has 4 heterocycles. The van der Waals surface area contributed by atoms with Gasteiger partial charge in [-0.05, 0) is 20.3 Å². The van der Waals surface area contributed by atoms with E-state index < -0.39 is 0 Å². The molecule has 4 rings (SSSR count). The van der Waals surface area contributed by atoms with E-state index in [2.05, 4.69) is 33.4 Å². The molecule has 0 saturated carbocycles. The summed E-state index contributed by atoms with van der Waals surface area (Å²) >= 11 is 0. The average molecular weight is 294 g/mol. The Bertz CT molecular complexity index is 465. The van der Waals surface area contributed by atoms with E-state index in [1.54, 1.807) is 0 Å². The number of carbonyl (C=O) groups excluding carboxylic acids is 1. The molecule has 0 spiro atoms. The van der Waals surface area contributed by atoms with Gasteiger partial charge in [-0.15, -0.1) is 0 Å². The molecule has 1 amide bonds. The summed E-state index contributed by atoms with van der Waals surface area (Å²) in [7, 11) is 0. The van der Waals surface area contributed by atoms with Crippen LogP contribution in [0.5, 0.6) is 0 Å². The number of rotatable bonds is 2. The van der Waals surface area contributed by atoms with Gasteiger partial charge in [-0.1, -0.05) is 0 Å². The van der Waals surface area contributed by atoms with Crippen molar-refractivity contribution >= 4 is 5.91 Å². The molecule has 0 aliphatic carbocycles. The normalized spacial score (nSPS) is 44.2. The van der Waals surface area contributed by atoms with Gasteiger partial charge in [0.15, 0.2) is 0 Å². The van der Waals surface area contributed by atoms with Crippen LogP contribution in [0.15, 0.2) is 0 Å². The molecule has 6 heteroatoms. The van der Waals surface area contributed by atoms with Crippen LogP contribution < -0.4 is 0 Å². The minimum Gasteiger partial charge on any atom is -0.396 e. The third-order valence-electron chi connectivity index (χ3n) is 6.68. The van der Waals surface area contributed by atoms with Crippen LogP contribution in [-0.2, 0) is 4.79 Å². The maximum absolute atomic E-state index is 12.9. The zero-order valence-electron chi connectivity index (χ0n) is 13.1. The summed E-state index contributed by atoms with van der Waals surface area (Å²) in [5.41, 5.74) is -0.299. The number of piperazine rings is 2. The van der Waals surface area contributed by atoms with Crippen molar-refractivity contribution in [3.05, 3.63) is 0 Å². The van der Waals surface area contributed by atoms with Crippen LogP contribution in [0.1, 0.15) is 20.3 Å². The van der Waals surface area contributed by atoms with Crippen molar-refractivity contribution in [1.29, 1.82) is 0 Å². The lowest BCUT2D eigenvalue weighted by molar-refractivity contribution is -0.251. The van der Waals surface area contributed by atoms with Gasteiger partial charge in [0, 0.05) is 52.4 Å². The molecule has 0 bridgehead atoms. The van der Waals surface area contributed by atoms with Crippen molar-refractivity contribution in [3.8, 4) is 0 Å². The second kappa shape index (κ2) is 4.41. The van der Waals surface area contributed by atoms with Gasteiger partial charge < -0.3 is 10.0 Å². The first-order valence-electron chi connectivity index (χ1n) is 8.21. The standard InChI is InChI=1S/C15H26N4O2/c1-14-15(2)18-7-6-16(14)4-5-17(14)8-9-19(15)13(21)12(11-18)3-10-20/h12,20H,3-11H2,1-2H3/t12-,14+,15-/m1/s1. The second-order valence-corrected chi connectivity index (χ2v) is 7.16. The summed E-state index contributed by atoms with van der Waals surface area (Å²) < 4.78 is 0. The Morgan fingerprint density at radius 2 is 1.57 bits per heavy atom. The summed E-state index contributed by atoms with van der Waals surface area (Å²) in [4.78, 5) is 22.7. The molecule has 0 radical (unpaired) electrons. The molecule has 0 aromatic heterocycles. The largest absolute Gasteiger partial charge is 0.396 e. The van der Waals surface area contributed by atoms with Gasteiger partial charge in [-0.25, -0.2) is 0 Å². The smallest absolute Gasteiger partial charge is 0.228 e. The Morgan fingerprint density at radius 1 is 1.00 bits per heavy atom. The number of hydrogen-bond donors (Lipinski definition) is 1. The molecule has 1 N–H and O–H groups in total. The van der Waals surface area contributed by atoms with Crippen LogP contribution in [0, 0.1) is 5.92 Å². The van der Waals surface area contributed by atoms with E-state index in [-0.39, 0.29) is 29.8 Å². The minimum absolute atomic E-state index is 0.0359. The van der Waals surface area contributed by atoms with Crippen molar-refractivity contribution in [2.45, 2.75) is 31.6 Å². The van der Waals surface area contributed by atoms with Crippen LogP contribution in [0.4, 0.5) is 0 Å². The van der Waals surface area contributed by atoms with Gasteiger partial charge in [-0.3, -0.25) is 19.5 Å². The quantitative estimate of drug-likeness (QED) is 0.723. The van der Waals surface area contributed by atoms with E-state index in [9.17, 15) is 9.90 Å². The van der Waals surface area contributed by atoms with E-state index in [0.29, 0.717) is 6.42 Å². The topological polar surface area (TPSA) is 50.3 Å². The number of aliphatic hydroxyl groups excluding tert-OH is 1. The van der Waals surface area contributed by atoms with E-state index >= 15 is 0 Å². The van der Waals surface area contributed by atoms with Gasteiger partial charge in [0.05, 0.1) is 5.92 Å². The third-order valence-corrected chi connectivity index (χ3v) is 6.68.